The van der Waals surface area contributed by atoms with Gasteiger partial charge < -0.3 is 19.7 Å². The maximum absolute atomic E-state index is 11.7. The highest BCUT2D eigenvalue weighted by molar-refractivity contribution is 6.00. The zero-order valence-electron chi connectivity index (χ0n) is 19.5. The van der Waals surface area contributed by atoms with Gasteiger partial charge in [0, 0.05) is 12.0 Å². The molecule has 0 aliphatic carbocycles. The number of hydrogen-bond acceptors (Lipinski definition) is 8. The van der Waals surface area contributed by atoms with Crippen LogP contribution >= 0.6 is 0 Å². The molecule has 0 spiro atoms. The van der Waals surface area contributed by atoms with Gasteiger partial charge in [0.15, 0.2) is 0 Å². The number of aromatic carboxylic acids is 2. The second-order valence-corrected chi connectivity index (χ2v) is 8.26. The number of benzene rings is 4. The van der Waals surface area contributed by atoms with Gasteiger partial charge in [0.05, 0.1) is 18.8 Å². The molecule has 0 unspecified atom stereocenters. The molecular formula is C27H24O10. The summed E-state index contributed by atoms with van der Waals surface area (Å²) in [5, 5.41) is 39.3. The Bertz CT molecular complexity index is 1450. The van der Waals surface area contributed by atoms with E-state index in [1.54, 1.807) is 12.1 Å². The van der Waals surface area contributed by atoms with E-state index in [1.807, 2.05) is 30.3 Å². The van der Waals surface area contributed by atoms with E-state index in [0.717, 1.165) is 16.3 Å². The van der Waals surface area contributed by atoms with Crippen molar-refractivity contribution in [1.29, 1.82) is 0 Å². The molecule has 10 nitrogen and oxygen atoms in total. The van der Waals surface area contributed by atoms with Crippen LogP contribution in [0.4, 0.5) is 0 Å². The Morgan fingerprint density at radius 2 is 1.30 bits per heavy atom. The summed E-state index contributed by atoms with van der Waals surface area (Å²) in [6.07, 6.45) is 0.430. The van der Waals surface area contributed by atoms with Crippen LogP contribution in [-0.2, 0) is 23.0 Å². The first-order chi connectivity index (χ1) is 17.9. The number of carbonyl (C=O) groups is 2. The molecule has 0 bridgehead atoms. The van der Waals surface area contributed by atoms with E-state index in [2.05, 4.69) is 9.78 Å². The third kappa shape index (κ3) is 6.13. The highest BCUT2D eigenvalue weighted by Crippen LogP contribution is 2.29. The molecule has 0 saturated heterocycles. The van der Waals surface area contributed by atoms with E-state index in [1.165, 1.54) is 18.2 Å². The van der Waals surface area contributed by atoms with Crippen molar-refractivity contribution >= 4 is 33.5 Å². The van der Waals surface area contributed by atoms with E-state index < -0.39 is 11.9 Å². The minimum atomic E-state index is -1.19. The van der Waals surface area contributed by atoms with Crippen LogP contribution < -0.4 is 9.47 Å². The van der Waals surface area contributed by atoms with Crippen LogP contribution in [0.15, 0.2) is 60.7 Å². The number of rotatable bonds is 12. The smallest absolute Gasteiger partial charge is 0.339 e. The number of ether oxygens (including phenoxy) is 2. The van der Waals surface area contributed by atoms with Gasteiger partial charge in [0.2, 0.25) is 0 Å². The van der Waals surface area contributed by atoms with Crippen LogP contribution in [-0.4, -0.2) is 45.9 Å². The molecule has 37 heavy (non-hydrogen) atoms. The summed E-state index contributed by atoms with van der Waals surface area (Å²) in [5.41, 5.74) is 1.38. The molecule has 0 aliphatic rings. The second-order valence-electron chi connectivity index (χ2n) is 8.26. The molecule has 0 aliphatic heterocycles. The van der Waals surface area contributed by atoms with Gasteiger partial charge in [-0.15, -0.1) is 0 Å². The summed E-state index contributed by atoms with van der Waals surface area (Å²) in [7, 11) is 0. The molecule has 0 atom stereocenters. The average molecular weight is 508 g/mol. The number of carboxylic acid groups (broad SMARTS) is 2. The first-order valence-electron chi connectivity index (χ1n) is 11.3. The second kappa shape index (κ2) is 11.7. The fourth-order valence-electron chi connectivity index (χ4n) is 3.97. The predicted molar refractivity (Wildman–Crippen MR) is 132 cm³/mol. The first-order valence-corrected chi connectivity index (χ1v) is 11.3. The van der Waals surface area contributed by atoms with Crippen LogP contribution in [0.1, 0.15) is 38.3 Å². The number of fused-ring (bicyclic) bond motifs is 2. The molecule has 0 saturated carbocycles. The Kier molecular flexibility index (Phi) is 8.16. The summed E-state index contributed by atoms with van der Waals surface area (Å²) in [6.45, 7) is 0.372. The molecule has 192 valence electrons. The van der Waals surface area contributed by atoms with Crippen LogP contribution in [0.2, 0.25) is 0 Å². The summed E-state index contributed by atoms with van der Waals surface area (Å²) in [6, 6.07) is 16.6. The van der Waals surface area contributed by atoms with Crippen molar-refractivity contribution in [2.45, 2.75) is 19.6 Å². The van der Waals surface area contributed by atoms with Gasteiger partial charge in [-0.25, -0.2) is 19.4 Å². The molecule has 0 radical (unpaired) electrons. The fourth-order valence-corrected chi connectivity index (χ4v) is 3.97. The summed E-state index contributed by atoms with van der Waals surface area (Å²) in [5.74, 6) is -1.60. The molecule has 4 N–H and O–H groups in total. The Labute approximate surface area is 210 Å². The van der Waals surface area contributed by atoms with Crippen molar-refractivity contribution in [3.63, 3.8) is 0 Å². The van der Waals surface area contributed by atoms with Gasteiger partial charge in [-0.1, -0.05) is 18.2 Å². The van der Waals surface area contributed by atoms with E-state index in [-0.39, 0.29) is 43.3 Å². The topological polar surface area (TPSA) is 152 Å². The maximum Gasteiger partial charge on any atom is 0.339 e. The highest BCUT2D eigenvalue weighted by Gasteiger charge is 2.15. The monoisotopic (exact) mass is 508 g/mol. The van der Waals surface area contributed by atoms with E-state index in [9.17, 15) is 19.8 Å². The summed E-state index contributed by atoms with van der Waals surface area (Å²) >= 11 is 0. The van der Waals surface area contributed by atoms with Gasteiger partial charge in [-0.05, 0) is 69.6 Å². The van der Waals surface area contributed by atoms with Crippen molar-refractivity contribution in [2.75, 3.05) is 13.2 Å². The lowest BCUT2D eigenvalue weighted by atomic mass is 10.0. The third-order valence-corrected chi connectivity index (χ3v) is 5.76. The molecule has 0 heterocycles. The zero-order valence-corrected chi connectivity index (χ0v) is 19.5. The molecule has 0 amide bonds. The number of hydrogen-bond donors (Lipinski definition) is 4. The Morgan fingerprint density at radius 3 is 1.97 bits per heavy atom. The van der Waals surface area contributed by atoms with Gasteiger partial charge in [-0.3, -0.25) is 10.5 Å². The minimum absolute atomic E-state index is 0.0458. The van der Waals surface area contributed by atoms with Gasteiger partial charge in [0.25, 0.3) is 0 Å². The van der Waals surface area contributed by atoms with Crippen molar-refractivity contribution in [1.82, 2.24) is 0 Å². The van der Waals surface area contributed by atoms with Crippen LogP contribution in [0.5, 0.6) is 11.5 Å². The molecule has 4 rings (SSSR count). The maximum atomic E-state index is 11.7. The lowest BCUT2D eigenvalue weighted by Crippen LogP contribution is -2.09. The molecular weight excluding hydrogens is 484 g/mol. The van der Waals surface area contributed by atoms with Gasteiger partial charge >= 0.3 is 11.9 Å². The normalized spacial score (nSPS) is 11.1. The van der Waals surface area contributed by atoms with Gasteiger partial charge in [0.1, 0.15) is 30.3 Å². The Balaban J connectivity index is 1.43. The van der Waals surface area contributed by atoms with Crippen LogP contribution in [0, 0.1) is 0 Å². The van der Waals surface area contributed by atoms with Crippen LogP contribution in [0.3, 0.4) is 0 Å². The fraction of sp³-hybridized carbons (Fsp3) is 0.185. The quantitative estimate of drug-likeness (QED) is 0.114. The van der Waals surface area contributed by atoms with Crippen LogP contribution in [0.25, 0.3) is 21.5 Å². The minimum Gasteiger partial charge on any atom is -0.493 e. The van der Waals surface area contributed by atoms with E-state index in [4.69, 9.17) is 20.0 Å². The van der Waals surface area contributed by atoms with Crippen molar-refractivity contribution in [3.05, 3.63) is 82.9 Å². The van der Waals surface area contributed by atoms with Gasteiger partial charge in [-0.2, -0.15) is 0 Å². The number of carboxylic acids is 2. The van der Waals surface area contributed by atoms with Crippen molar-refractivity contribution < 1.29 is 49.6 Å². The highest BCUT2D eigenvalue weighted by atomic mass is 17.1. The lowest BCUT2D eigenvalue weighted by molar-refractivity contribution is -0.253. The molecule has 4 aromatic carbocycles. The predicted octanol–water partition coefficient (Wildman–Crippen LogP) is 5.22. The average Bonchev–Trinajstić information content (AvgIpc) is 2.88. The molecule has 0 fully saturated rings. The first kappa shape index (κ1) is 25.9. The SMILES string of the molecule is O=C(O)c1ccc2cc(OCCCOc3cc4ccc(COO)cc4cc3COO)c(C(=O)O)cc2c1. The third-order valence-electron chi connectivity index (χ3n) is 5.76. The van der Waals surface area contributed by atoms with Crippen molar-refractivity contribution in [3.8, 4) is 11.5 Å². The largest absolute Gasteiger partial charge is 0.493 e. The molecule has 10 heteroatoms. The van der Waals surface area contributed by atoms with Crippen molar-refractivity contribution in [2.24, 2.45) is 0 Å². The standard InChI is InChI=1S/C27H24O10/c28-26(29)19-5-4-18-13-25(23(27(30)31)11-21(18)9-19)35-7-1-6-34-24-12-17-3-2-16(14-36-32)8-20(17)10-22(24)15-37-33/h2-5,8-13,32-33H,1,6-7,14-15H2,(H,28,29)(H,30,31). The van der Waals surface area contributed by atoms with E-state index in [0.29, 0.717) is 28.5 Å². The lowest BCUT2D eigenvalue weighted by Gasteiger charge is -2.14. The molecule has 0 aromatic heterocycles. The zero-order chi connectivity index (χ0) is 26.4. The summed E-state index contributed by atoms with van der Waals surface area (Å²) < 4.78 is 11.6. The molecule has 4 aromatic rings. The van der Waals surface area contributed by atoms with E-state index >= 15 is 0 Å². The Morgan fingerprint density at radius 1 is 0.649 bits per heavy atom. The summed E-state index contributed by atoms with van der Waals surface area (Å²) in [4.78, 5) is 31.5. The Hall–Kier alpha value is -4.22.